The van der Waals surface area contributed by atoms with Crippen molar-refractivity contribution < 1.29 is 23.8 Å². The minimum atomic E-state index is -0.492. The summed E-state index contributed by atoms with van der Waals surface area (Å²) in [4.78, 5) is 25.5. The highest BCUT2D eigenvalue weighted by molar-refractivity contribution is 5.69. The van der Waals surface area contributed by atoms with Gasteiger partial charge in [0.25, 0.3) is 0 Å². The van der Waals surface area contributed by atoms with E-state index in [-0.39, 0.29) is 24.5 Å². The molecular weight excluding hydrogens is 322 g/mol. The van der Waals surface area contributed by atoms with Crippen LogP contribution < -0.4 is 0 Å². The van der Waals surface area contributed by atoms with Crippen LogP contribution in [-0.2, 0) is 19.0 Å². The Morgan fingerprint density at radius 1 is 1.08 bits per heavy atom. The molecule has 1 amide bonds. The molecule has 0 aromatic carbocycles. The lowest BCUT2D eigenvalue weighted by molar-refractivity contribution is -0.141. The number of hydrogen-bond acceptors (Lipinski definition) is 5. The molecule has 146 valence electrons. The lowest BCUT2D eigenvalue weighted by Crippen LogP contribution is -2.45. The number of amides is 1. The molecule has 0 saturated heterocycles. The van der Waals surface area contributed by atoms with Crippen molar-refractivity contribution in [1.29, 1.82) is 0 Å². The average Bonchev–Trinajstić information content (AvgIpc) is 2.53. The Hall–Kier alpha value is -1.30. The second-order valence-electron chi connectivity index (χ2n) is 7.88. The predicted molar refractivity (Wildman–Crippen MR) is 96.4 cm³/mol. The zero-order valence-corrected chi connectivity index (χ0v) is 16.5. The summed E-state index contributed by atoms with van der Waals surface area (Å²) in [7, 11) is 1.37. The van der Waals surface area contributed by atoms with Gasteiger partial charge in [-0.3, -0.25) is 4.79 Å². The lowest BCUT2D eigenvalue weighted by atomic mass is 9.86. The number of ether oxygens (including phenoxy) is 3. The van der Waals surface area contributed by atoms with Gasteiger partial charge in [-0.15, -0.1) is 0 Å². The molecule has 1 fully saturated rings. The third-order valence-corrected chi connectivity index (χ3v) is 4.42. The van der Waals surface area contributed by atoms with Crippen LogP contribution in [0.1, 0.15) is 66.2 Å². The maximum Gasteiger partial charge on any atom is 0.410 e. The summed E-state index contributed by atoms with van der Waals surface area (Å²) in [6.45, 7) is 9.42. The molecule has 0 bridgehead atoms. The van der Waals surface area contributed by atoms with Gasteiger partial charge in [-0.1, -0.05) is 6.92 Å². The average molecular weight is 357 g/mol. The zero-order chi connectivity index (χ0) is 18.9. The fourth-order valence-corrected chi connectivity index (χ4v) is 2.99. The third kappa shape index (κ3) is 9.10. The maximum atomic E-state index is 12.6. The number of hydrogen-bond donors (Lipinski definition) is 0. The van der Waals surface area contributed by atoms with Crippen molar-refractivity contribution >= 4 is 12.1 Å². The van der Waals surface area contributed by atoms with Gasteiger partial charge in [0.2, 0.25) is 0 Å². The van der Waals surface area contributed by atoms with Crippen LogP contribution in [0.4, 0.5) is 4.79 Å². The highest BCUT2D eigenvalue weighted by atomic mass is 16.6. The lowest BCUT2D eigenvalue weighted by Gasteiger charge is -2.37. The monoisotopic (exact) mass is 357 g/mol. The number of esters is 1. The van der Waals surface area contributed by atoms with Gasteiger partial charge >= 0.3 is 12.1 Å². The van der Waals surface area contributed by atoms with Gasteiger partial charge in [-0.2, -0.15) is 0 Å². The van der Waals surface area contributed by atoms with Crippen molar-refractivity contribution in [3.63, 3.8) is 0 Å². The van der Waals surface area contributed by atoms with E-state index in [0.29, 0.717) is 19.8 Å². The Balaban J connectivity index is 2.45. The molecule has 25 heavy (non-hydrogen) atoms. The van der Waals surface area contributed by atoms with Crippen molar-refractivity contribution in [2.75, 3.05) is 26.9 Å². The van der Waals surface area contributed by atoms with Crippen LogP contribution in [0.2, 0.25) is 0 Å². The van der Waals surface area contributed by atoms with E-state index in [2.05, 4.69) is 11.7 Å². The van der Waals surface area contributed by atoms with Gasteiger partial charge in [0, 0.05) is 19.2 Å². The Labute approximate surface area is 152 Å². The van der Waals surface area contributed by atoms with Crippen molar-refractivity contribution in [3.05, 3.63) is 0 Å². The third-order valence-electron chi connectivity index (χ3n) is 4.42. The first-order valence-corrected chi connectivity index (χ1v) is 9.37. The number of nitrogens with zero attached hydrogens (tertiary/aromatic N) is 1. The highest BCUT2D eigenvalue weighted by Crippen LogP contribution is 2.28. The molecule has 1 rings (SSSR count). The quantitative estimate of drug-likeness (QED) is 0.489. The number of methoxy groups -OCH3 is 1. The van der Waals surface area contributed by atoms with E-state index >= 15 is 0 Å². The topological polar surface area (TPSA) is 65.1 Å². The van der Waals surface area contributed by atoms with E-state index in [9.17, 15) is 9.59 Å². The minimum absolute atomic E-state index is 0.235. The van der Waals surface area contributed by atoms with Crippen molar-refractivity contribution in [2.45, 2.75) is 77.9 Å². The van der Waals surface area contributed by atoms with E-state index in [1.54, 1.807) is 0 Å². The molecule has 0 atom stereocenters. The maximum absolute atomic E-state index is 12.6. The molecule has 6 nitrogen and oxygen atoms in total. The molecule has 0 radical (unpaired) electrons. The van der Waals surface area contributed by atoms with Crippen LogP contribution in [0.25, 0.3) is 0 Å². The van der Waals surface area contributed by atoms with Gasteiger partial charge in [0.05, 0.1) is 20.1 Å². The van der Waals surface area contributed by atoms with E-state index < -0.39 is 5.60 Å². The second kappa shape index (κ2) is 10.6. The Kier molecular flexibility index (Phi) is 9.25. The number of carbonyl (C=O) groups is 2. The minimum Gasteiger partial charge on any atom is -0.469 e. The van der Waals surface area contributed by atoms with Crippen LogP contribution in [-0.4, -0.2) is 55.5 Å². The van der Waals surface area contributed by atoms with E-state index in [1.807, 2.05) is 25.7 Å². The molecule has 6 heteroatoms. The molecule has 0 heterocycles. The summed E-state index contributed by atoms with van der Waals surface area (Å²) in [5.41, 5.74) is -0.492. The molecule has 0 spiro atoms. The molecule has 0 aromatic rings. The molecule has 1 aliphatic rings. The van der Waals surface area contributed by atoms with Gasteiger partial charge in [-0.25, -0.2) is 4.79 Å². The van der Waals surface area contributed by atoms with E-state index in [0.717, 1.165) is 38.0 Å². The second-order valence-corrected chi connectivity index (χ2v) is 7.88. The molecular formula is C19H35NO5. The summed E-state index contributed by atoms with van der Waals surface area (Å²) >= 11 is 0. The standard InChI is InChI=1S/C19H35NO5/c1-15-7-9-16(10-8-15)20(18(22)25-19(2,3)4)12-6-13-24-14-11-17(21)23-5/h15-16H,6-14H2,1-5H3. The fraction of sp³-hybridized carbons (Fsp3) is 0.895. The molecule has 0 aliphatic heterocycles. The SMILES string of the molecule is COC(=O)CCOCCCN(C(=O)OC(C)(C)C)C1CCC(C)CC1. The van der Waals surface area contributed by atoms with E-state index in [4.69, 9.17) is 9.47 Å². The number of rotatable bonds is 8. The highest BCUT2D eigenvalue weighted by Gasteiger charge is 2.30. The summed E-state index contributed by atoms with van der Waals surface area (Å²) in [5, 5.41) is 0. The summed E-state index contributed by atoms with van der Waals surface area (Å²) in [6.07, 6.45) is 5.12. The van der Waals surface area contributed by atoms with Gasteiger partial charge in [0.1, 0.15) is 5.60 Å². The van der Waals surface area contributed by atoms with Crippen molar-refractivity contribution in [3.8, 4) is 0 Å². The first-order valence-electron chi connectivity index (χ1n) is 9.37. The van der Waals surface area contributed by atoms with E-state index in [1.165, 1.54) is 7.11 Å². The van der Waals surface area contributed by atoms with Crippen molar-refractivity contribution in [1.82, 2.24) is 4.90 Å². The Morgan fingerprint density at radius 2 is 1.72 bits per heavy atom. The van der Waals surface area contributed by atoms with Crippen LogP contribution in [0.3, 0.4) is 0 Å². The Morgan fingerprint density at radius 3 is 2.28 bits per heavy atom. The van der Waals surface area contributed by atoms with Gasteiger partial charge in [0.15, 0.2) is 0 Å². The number of carbonyl (C=O) groups excluding carboxylic acids is 2. The predicted octanol–water partition coefficient (Wildman–Crippen LogP) is 3.77. The largest absolute Gasteiger partial charge is 0.469 e. The molecule has 0 N–H and O–H groups in total. The van der Waals surface area contributed by atoms with Crippen LogP contribution >= 0.6 is 0 Å². The molecule has 0 aromatic heterocycles. The van der Waals surface area contributed by atoms with Crippen LogP contribution in [0.15, 0.2) is 0 Å². The molecule has 1 aliphatic carbocycles. The first-order chi connectivity index (χ1) is 11.7. The summed E-state index contributed by atoms with van der Waals surface area (Å²) in [6, 6.07) is 0.251. The zero-order valence-electron chi connectivity index (χ0n) is 16.5. The normalized spacial score (nSPS) is 20.8. The van der Waals surface area contributed by atoms with Crippen LogP contribution in [0.5, 0.6) is 0 Å². The molecule has 1 saturated carbocycles. The smallest absolute Gasteiger partial charge is 0.410 e. The summed E-state index contributed by atoms with van der Waals surface area (Å²) < 4.78 is 15.6. The fourth-order valence-electron chi connectivity index (χ4n) is 2.99. The Bertz CT molecular complexity index is 411. The molecule has 0 unspecified atom stereocenters. The van der Waals surface area contributed by atoms with Gasteiger partial charge in [-0.05, 0) is 58.8 Å². The first kappa shape index (κ1) is 21.7. The summed E-state index contributed by atoms with van der Waals surface area (Å²) in [5.74, 6) is 0.463. The van der Waals surface area contributed by atoms with Gasteiger partial charge < -0.3 is 19.1 Å². The van der Waals surface area contributed by atoms with Crippen molar-refractivity contribution in [2.24, 2.45) is 5.92 Å². The van der Waals surface area contributed by atoms with Crippen LogP contribution in [0, 0.1) is 5.92 Å².